The third kappa shape index (κ3) is 4.60. The summed E-state index contributed by atoms with van der Waals surface area (Å²) >= 11 is 0. The molecule has 4 rings (SSSR count). The molecular weight excluding hydrogens is 529 g/mol. The maximum atomic E-state index is 15.3. The number of ketones is 1. The zero-order valence-electron chi connectivity index (χ0n) is 24.0. The van der Waals surface area contributed by atoms with Crippen molar-refractivity contribution in [2.75, 3.05) is 21.3 Å². The first-order valence-electron chi connectivity index (χ1n) is 13.4. The van der Waals surface area contributed by atoms with Crippen molar-refractivity contribution in [2.24, 2.45) is 17.3 Å². The number of Topliss-reactive ketones (excluding diaryl/α,β-unsaturated/α-hetero) is 1. The van der Waals surface area contributed by atoms with Gasteiger partial charge in [-0.05, 0) is 42.2 Å². The second-order valence-corrected chi connectivity index (χ2v) is 11.9. The minimum Gasteiger partial charge on any atom is -0.493 e. The van der Waals surface area contributed by atoms with Crippen LogP contribution in [0.3, 0.4) is 0 Å². The maximum Gasteiger partial charge on any atom is 0.425 e. The van der Waals surface area contributed by atoms with Gasteiger partial charge in [-0.15, -0.1) is 0 Å². The van der Waals surface area contributed by atoms with Crippen LogP contribution in [0.1, 0.15) is 70.2 Å². The van der Waals surface area contributed by atoms with E-state index in [1.165, 1.54) is 38.4 Å². The van der Waals surface area contributed by atoms with Crippen LogP contribution in [0.4, 0.5) is 13.2 Å². The molecule has 3 aliphatic rings. The van der Waals surface area contributed by atoms with Crippen molar-refractivity contribution < 1.29 is 41.8 Å². The molecule has 220 valence electrons. The van der Waals surface area contributed by atoms with Gasteiger partial charge in [0.2, 0.25) is 11.3 Å². The number of amides is 2. The van der Waals surface area contributed by atoms with Crippen molar-refractivity contribution in [2.45, 2.75) is 77.6 Å². The lowest BCUT2D eigenvalue weighted by Gasteiger charge is -2.43. The molecule has 11 heteroatoms. The van der Waals surface area contributed by atoms with E-state index in [1.54, 1.807) is 13.8 Å². The number of carbonyl (C=O) groups is 3. The Morgan fingerprint density at radius 2 is 1.60 bits per heavy atom. The number of allylic oxidation sites excluding steroid dienone is 1. The molecule has 0 aromatic heterocycles. The van der Waals surface area contributed by atoms with Crippen LogP contribution in [-0.4, -0.2) is 61.6 Å². The quantitative estimate of drug-likeness (QED) is 0.518. The number of benzene rings is 1. The molecule has 1 heterocycles. The van der Waals surface area contributed by atoms with Crippen molar-refractivity contribution in [3.8, 4) is 17.2 Å². The smallest absolute Gasteiger partial charge is 0.425 e. The summed E-state index contributed by atoms with van der Waals surface area (Å²) < 4.78 is 61.6. The second-order valence-electron chi connectivity index (χ2n) is 11.9. The lowest BCUT2D eigenvalue weighted by atomic mass is 9.72. The number of methoxy groups -OCH3 is 3. The molecule has 2 aliphatic carbocycles. The highest BCUT2D eigenvalue weighted by Crippen LogP contribution is 2.54. The zero-order chi connectivity index (χ0) is 29.8. The van der Waals surface area contributed by atoms with E-state index in [1.807, 2.05) is 19.2 Å². The van der Waals surface area contributed by atoms with E-state index in [9.17, 15) is 14.4 Å². The minimum absolute atomic E-state index is 0.0489. The van der Waals surface area contributed by atoms with E-state index in [-0.39, 0.29) is 53.2 Å². The summed E-state index contributed by atoms with van der Waals surface area (Å²) in [6.07, 6.45) is -3.21. The van der Waals surface area contributed by atoms with E-state index < -0.39 is 46.3 Å². The Morgan fingerprint density at radius 3 is 2.12 bits per heavy atom. The van der Waals surface area contributed by atoms with Gasteiger partial charge in [-0.3, -0.25) is 14.4 Å². The molecule has 8 nitrogen and oxygen atoms in total. The number of nitrogens with one attached hydrogen (secondary N) is 1. The van der Waals surface area contributed by atoms with Gasteiger partial charge >= 0.3 is 6.18 Å². The highest BCUT2D eigenvalue weighted by molar-refractivity contribution is 6.14. The Hall–Kier alpha value is -3.24. The highest BCUT2D eigenvalue weighted by atomic mass is 19.4. The maximum absolute atomic E-state index is 15.3. The Balaban J connectivity index is 1.90. The lowest BCUT2D eigenvalue weighted by molar-refractivity contribution is -0.192. The number of halogens is 3. The van der Waals surface area contributed by atoms with Crippen LogP contribution in [0, 0.1) is 17.3 Å². The fraction of sp³-hybridized carbons (Fsp3) is 0.621. The van der Waals surface area contributed by atoms with E-state index in [4.69, 9.17) is 14.2 Å². The number of nitrogens with zero attached hydrogens (tertiary/aromatic N) is 1. The second kappa shape index (κ2) is 10.3. The summed E-state index contributed by atoms with van der Waals surface area (Å²) in [6.45, 7) is 7.55. The van der Waals surface area contributed by atoms with Gasteiger partial charge < -0.3 is 24.4 Å². The number of carbonyl (C=O) groups excluding carboxylic acids is 3. The van der Waals surface area contributed by atoms with Crippen molar-refractivity contribution in [3.05, 3.63) is 29.0 Å². The Labute approximate surface area is 232 Å². The molecule has 4 atom stereocenters. The first-order chi connectivity index (χ1) is 18.6. The molecule has 0 radical (unpaired) electrons. The molecule has 0 bridgehead atoms. The number of hydrogen-bond donors (Lipinski definition) is 1. The van der Waals surface area contributed by atoms with E-state index in [2.05, 4.69) is 0 Å². The monoisotopic (exact) mass is 566 g/mol. The van der Waals surface area contributed by atoms with Gasteiger partial charge in [-0.2, -0.15) is 13.2 Å². The van der Waals surface area contributed by atoms with E-state index in [0.29, 0.717) is 6.42 Å². The normalized spacial score (nSPS) is 28.4. The Morgan fingerprint density at radius 1 is 1.00 bits per heavy atom. The predicted octanol–water partition coefficient (Wildman–Crippen LogP) is 5.05. The lowest BCUT2D eigenvalue weighted by Crippen LogP contribution is -2.67. The van der Waals surface area contributed by atoms with Gasteiger partial charge in [-0.25, -0.2) is 0 Å². The molecule has 1 aromatic carbocycles. The topological polar surface area (TPSA) is 94.2 Å². The standard InChI is InChI=1S/C29H37F3N2O6/c1-15-9-8-10-18(16(15)2)34-19-13-27(3,4)14-20(35)23(19)28(26(34)37,29(30,31)32)33-25(36)17-11-21(38-5)24(40-7)22(12-17)39-6/h11-12,15-16,18H,8-10,13-14H2,1-7H3,(H,33,36)/t15-,16-,18-,28+/m1/s1. The summed E-state index contributed by atoms with van der Waals surface area (Å²) in [7, 11) is 3.96. The van der Waals surface area contributed by atoms with Gasteiger partial charge in [0.1, 0.15) is 0 Å². The van der Waals surface area contributed by atoms with E-state index in [0.717, 1.165) is 12.8 Å². The van der Waals surface area contributed by atoms with E-state index >= 15 is 13.2 Å². The summed E-state index contributed by atoms with van der Waals surface area (Å²) in [5, 5.41) is 2.00. The van der Waals surface area contributed by atoms with Crippen LogP contribution >= 0.6 is 0 Å². The molecule has 1 saturated carbocycles. The molecule has 40 heavy (non-hydrogen) atoms. The molecule has 0 spiro atoms. The number of hydrogen-bond acceptors (Lipinski definition) is 6. The molecular formula is C29H37F3N2O6. The highest BCUT2D eigenvalue weighted by Gasteiger charge is 2.72. The molecule has 0 saturated heterocycles. The van der Waals surface area contributed by atoms with Gasteiger partial charge in [0.15, 0.2) is 17.3 Å². The first-order valence-corrected chi connectivity index (χ1v) is 13.4. The molecule has 1 aliphatic heterocycles. The van der Waals surface area contributed by atoms with Gasteiger partial charge in [-0.1, -0.05) is 40.5 Å². The Bertz CT molecular complexity index is 1230. The molecule has 2 amide bonds. The first kappa shape index (κ1) is 29.7. The Kier molecular flexibility index (Phi) is 7.66. The third-order valence-electron chi connectivity index (χ3n) is 8.71. The summed E-state index contributed by atoms with van der Waals surface area (Å²) in [6, 6.07) is 1.87. The van der Waals surface area contributed by atoms with Crippen LogP contribution in [0.25, 0.3) is 0 Å². The van der Waals surface area contributed by atoms with Crippen LogP contribution in [0.5, 0.6) is 17.2 Å². The fourth-order valence-electron chi connectivity index (χ4n) is 6.50. The molecule has 1 aromatic rings. The largest absolute Gasteiger partial charge is 0.493 e. The summed E-state index contributed by atoms with van der Waals surface area (Å²) in [5.41, 5.74) is -5.03. The van der Waals surface area contributed by atoms with Crippen LogP contribution in [0.15, 0.2) is 23.4 Å². The average Bonchev–Trinajstić information content (AvgIpc) is 3.11. The predicted molar refractivity (Wildman–Crippen MR) is 140 cm³/mol. The third-order valence-corrected chi connectivity index (χ3v) is 8.71. The summed E-state index contributed by atoms with van der Waals surface area (Å²) in [5.74, 6) is -3.00. The van der Waals surface area contributed by atoms with Crippen molar-refractivity contribution >= 4 is 17.6 Å². The zero-order valence-corrected chi connectivity index (χ0v) is 24.0. The van der Waals surface area contributed by atoms with Crippen molar-refractivity contribution in [1.29, 1.82) is 0 Å². The molecule has 0 unspecified atom stereocenters. The van der Waals surface area contributed by atoms with Crippen LogP contribution < -0.4 is 19.5 Å². The average molecular weight is 567 g/mol. The summed E-state index contributed by atoms with van der Waals surface area (Å²) in [4.78, 5) is 42.5. The van der Waals surface area contributed by atoms with Gasteiger partial charge in [0.25, 0.3) is 11.8 Å². The van der Waals surface area contributed by atoms with Crippen LogP contribution in [0.2, 0.25) is 0 Å². The van der Waals surface area contributed by atoms with Gasteiger partial charge in [0, 0.05) is 23.7 Å². The van der Waals surface area contributed by atoms with Gasteiger partial charge in [0.05, 0.1) is 26.9 Å². The van der Waals surface area contributed by atoms with Crippen molar-refractivity contribution in [1.82, 2.24) is 10.2 Å². The SMILES string of the molecule is COc1cc(C(=O)N[C@]2(C(F)(F)F)C(=O)N([C@@H]3CCC[C@@H](C)[C@H]3C)C3=C2C(=O)CC(C)(C)C3)cc(OC)c1OC. The molecule has 1 fully saturated rings. The number of rotatable bonds is 6. The number of alkyl halides is 3. The number of ether oxygens (including phenoxy) is 3. The van der Waals surface area contributed by atoms with Crippen molar-refractivity contribution in [3.63, 3.8) is 0 Å². The molecule has 1 N–H and O–H groups in total. The van der Waals surface area contributed by atoms with Crippen LogP contribution in [-0.2, 0) is 9.59 Å². The fourth-order valence-corrected chi connectivity index (χ4v) is 6.50. The minimum atomic E-state index is -5.30.